The highest BCUT2D eigenvalue weighted by Crippen LogP contribution is 2.24. The van der Waals surface area contributed by atoms with Crippen LogP contribution in [0.4, 0.5) is 8.78 Å². The van der Waals surface area contributed by atoms with Crippen LogP contribution in [0, 0.1) is 17.0 Å². The SMILES string of the molecule is CC1(CNC(=O)Cc2ccc(F)cc2F)CCCNC1.Cl. The molecule has 1 aromatic carbocycles. The van der Waals surface area contributed by atoms with E-state index in [0.29, 0.717) is 6.54 Å². The van der Waals surface area contributed by atoms with Gasteiger partial charge in [-0.15, -0.1) is 12.4 Å². The first-order chi connectivity index (χ1) is 9.48. The lowest BCUT2D eigenvalue weighted by molar-refractivity contribution is -0.121. The second kappa shape index (κ2) is 7.71. The van der Waals surface area contributed by atoms with Crippen LogP contribution < -0.4 is 10.6 Å². The summed E-state index contributed by atoms with van der Waals surface area (Å²) >= 11 is 0. The van der Waals surface area contributed by atoms with Crippen molar-refractivity contribution in [1.82, 2.24) is 10.6 Å². The van der Waals surface area contributed by atoms with E-state index in [2.05, 4.69) is 17.6 Å². The van der Waals surface area contributed by atoms with Gasteiger partial charge in [-0.05, 0) is 36.4 Å². The number of hydrogen-bond donors (Lipinski definition) is 2. The first-order valence-corrected chi connectivity index (χ1v) is 6.90. The van der Waals surface area contributed by atoms with Gasteiger partial charge in [0.25, 0.3) is 0 Å². The Morgan fingerprint density at radius 1 is 1.43 bits per heavy atom. The Morgan fingerprint density at radius 2 is 2.19 bits per heavy atom. The van der Waals surface area contributed by atoms with Crippen LogP contribution in [0.1, 0.15) is 25.3 Å². The molecular weight excluding hydrogens is 298 g/mol. The Balaban J connectivity index is 0.00000220. The van der Waals surface area contributed by atoms with Gasteiger partial charge in [0.15, 0.2) is 0 Å². The van der Waals surface area contributed by atoms with Crippen LogP contribution in [0.25, 0.3) is 0 Å². The van der Waals surface area contributed by atoms with E-state index in [4.69, 9.17) is 0 Å². The molecule has 1 saturated heterocycles. The van der Waals surface area contributed by atoms with Gasteiger partial charge in [-0.1, -0.05) is 13.0 Å². The van der Waals surface area contributed by atoms with Gasteiger partial charge in [-0.2, -0.15) is 0 Å². The molecule has 118 valence electrons. The van der Waals surface area contributed by atoms with Crippen molar-refractivity contribution >= 4 is 18.3 Å². The third kappa shape index (κ3) is 5.25. The van der Waals surface area contributed by atoms with Crippen LogP contribution in [-0.2, 0) is 11.2 Å². The predicted molar refractivity (Wildman–Crippen MR) is 80.5 cm³/mol. The topological polar surface area (TPSA) is 41.1 Å². The van der Waals surface area contributed by atoms with Crippen LogP contribution in [-0.4, -0.2) is 25.5 Å². The van der Waals surface area contributed by atoms with Crippen LogP contribution in [0.3, 0.4) is 0 Å². The minimum atomic E-state index is -0.675. The zero-order chi connectivity index (χ0) is 14.6. The number of benzene rings is 1. The van der Waals surface area contributed by atoms with Crippen LogP contribution >= 0.6 is 12.4 Å². The quantitative estimate of drug-likeness (QED) is 0.895. The Hall–Kier alpha value is -1.20. The van der Waals surface area contributed by atoms with Gasteiger partial charge >= 0.3 is 0 Å². The fourth-order valence-corrected chi connectivity index (χ4v) is 2.48. The number of amides is 1. The zero-order valence-electron chi connectivity index (χ0n) is 12.0. The fraction of sp³-hybridized carbons (Fsp3) is 0.533. The second-order valence-electron chi connectivity index (χ2n) is 5.78. The van der Waals surface area contributed by atoms with Crippen molar-refractivity contribution in [3.63, 3.8) is 0 Å². The van der Waals surface area contributed by atoms with E-state index < -0.39 is 11.6 Å². The summed E-state index contributed by atoms with van der Waals surface area (Å²) in [7, 11) is 0. The smallest absolute Gasteiger partial charge is 0.224 e. The van der Waals surface area contributed by atoms with E-state index in [1.54, 1.807) is 0 Å². The molecule has 0 aromatic heterocycles. The summed E-state index contributed by atoms with van der Waals surface area (Å²) in [6, 6.07) is 3.28. The summed E-state index contributed by atoms with van der Waals surface area (Å²) in [5.41, 5.74) is 0.269. The van der Waals surface area contributed by atoms with E-state index in [0.717, 1.165) is 38.1 Å². The van der Waals surface area contributed by atoms with Crippen molar-refractivity contribution in [3.05, 3.63) is 35.4 Å². The lowest BCUT2D eigenvalue weighted by atomic mass is 9.83. The van der Waals surface area contributed by atoms with Gasteiger partial charge in [0, 0.05) is 19.2 Å². The van der Waals surface area contributed by atoms with Crippen molar-refractivity contribution in [2.75, 3.05) is 19.6 Å². The Kier molecular flexibility index (Phi) is 6.55. The molecular formula is C15H21ClF2N2O. The lowest BCUT2D eigenvalue weighted by Gasteiger charge is -2.34. The normalized spacial score (nSPS) is 21.5. The van der Waals surface area contributed by atoms with Crippen LogP contribution in [0.2, 0.25) is 0 Å². The molecule has 3 nitrogen and oxygen atoms in total. The Bertz CT molecular complexity index is 491. The average molecular weight is 319 g/mol. The maximum Gasteiger partial charge on any atom is 0.224 e. The number of rotatable bonds is 4. The highest BCUT2D eigenvalue weighted by Gasteiger charge is 2.27. The van der Waals surface area contributed by atoms with E-state index >= 15 is 0 Å². The second-order valence-corrected chi connectivity index (χ2v) is 5.78. The highest BCUT2D eigenvalue weighted by molar-refractivity contribution is 5.85. The third-order valence-electron chi connectivity index (χ3n) is 3.76. The zero-order valence-corrected chi connectivity index (χ0v) is 12.9. The van der Waals surface area contributed by atoms with Crippen LogP contribution in [0.5, 0.6) is 0 Å². The molecule has 1 aromatic rings. The fourth-order valence-electron chi connectivity index (χ4n) is 2.48. The van der Waals surface area contributed by atoms with Gasteiger partial charge < -0.3 is 10.6 Å². The number of carbonyl (C=O) groups is 1. The van der Waals surface area contributed by atoms with Crippen molar-refractivity contribution in [2.24, 2.45) is 5.41 Å². The molecule has 2 N–H and O–H groups in total. The number of nitrogens with one attached hydrogen (secondary N) is 2. The summed E-state index contributed by atoms with van der Waals surface area (Å²) in [6.07, 6.45) is 2.10. The summed E-state index contributed by atoms with van der Waals surface area (Å²) in [4.78, 5) is 11.8. The number of hydrogen-bond acceptors (Lipinski definition) is 2. The first-order valence-electron chi connectivity index (χ1n) is 6.90. The van der Waals surface area contributed by atoms with Crippen molar-refractivity contribution < 1.29 is 13.6 Å². The minimum absolute atomic E-state index is 0. The van der Waals surface area contributed by atoms with Crippen molar-refractivity contribution in [1.29, 1.82) is 0 Å². The molecule has 2 rings (SSSR count). The molecule has 0 radical (unpaired) electrons. The van der Waals surface area contributed by atoms with Gasteiger partial charge in [0.2, 0.25) is 5.91 Å². The summed E-state index contributed by atoms with van der Waals surface area (Å²) in [5, 5.41) is 6.15. The van der Waals surface area contributed by atoms with E-state index in [9.17, 15) is 13.6 Å². The van der Waals surface area contributed by atoms with E-state index in [1.165, 1.54) is 6.07 Å². The molecule has 1 amide bonds. The molecule has 1 heterocycles. The van der Waals surface area contributed by atoms with E-state index in [1.807, 2.05) is 0 Å². The molecule has 1 unspecified atom stereocenters. The van der Waals surface area contributed by atoms with Crippen LogP contribution in [0.15, 0.2) is 18.2 Å². The molecule has 0 saturated carbocycles. The molecule has 1 atom stereocenters. The first kappa shape index (κ1) is 17.9. The summed E-state index contributed by atoms with van der Waals surface area (Å²) < 4.78 is 26.2. The average Bonchev–Trinajstić information content (AvgIpc) is 2.41. The maximum absolute atomic E-state index is 13.5. The highest BCUT2D eigenvalue weighted by atomic mass is 35.5. The van der Waals surface area contributed by atoms with E-state index in [-0.39, 0.29) is 35.7 Å². The summed E-state index contributed by atoms with van der Waals surface area (Å²) in [6.45, 7) is 4.59. The van der Waals surface area contributed by atoms with Gasteiger partial charge in [-0.25, -0.2) is 8.78 Å². The molecule has 6 heteroatoms. The Labute approximate surface area is 129 Å². The minimum Gasteiger partial charge on any atom is -0.355 e. The molecule has 21 heavy (non-hydrogen) atoms. The van der Waals surface area contributed by atoms with Gasteiger partial charge in [0.1, 0.15) is 11.6 Å². The maximum atomic E-state index is 13.5. The number of piperidine rings is 1. The number of halogens is 3. The molecule has 1 fully saturated rings. The summed E-state index contributed by atoms with van der Waals surface area (Å²) in [5.74, 6) is -1.54. The predicted octanol–water partition coefficient (Wildman–Crippen LogP) is 2.44. The molecule has 0 spiro atoms. The molecule has 0 bridgehead atoms. The van der Waals surface area contributed by atoms with Gasteiger partial charge in [0.05, 0.1) is 6.42 Å². The molecule has 1 aliphatic rings. The van der Waals surface area contributed by atoms with Crippen molar-refractivity contribution in [2.45, 2.75) is 26.2 Å². The monoisotopic (exact) mass is 318 g/mol. The largest absolute Gasteiger partial charge is 0.355 e. The Morgan fingerprint density at radius 3 is 2.81 bits per heavy atom. The number of carbonyl (C=O) groups excluding carboxylic acids is 1. The third-order valence-corrected chi connectivity index (χ3v) is 3.76. The molecule has 1 aliphatic heterocycles. The standard InChI is InChI=1S/C15H20F2N2O.ClH/c1-15(5-2-6-18-9-15)10-19-14(20)7-11-3-4-12(16)8-13(11)17;/h3-4,8,18H,2,5-7,9-10H2,1H3,(H,19,20);1H. The van der Waals surface area contributed by atoms with Gasteiger partial charge in [-0.3, -0.25) is 4.79 Å². The lowest BCUT2D eigenvalue weighted by Crippen LogP contribution is -2.46. The van der Waals surface area contributed by atoms with Crippen molar-refractivity contribution in [3.8, 4) is 0 Å². The molecule has 0 aliphatic carbocycles.